The molecule has 0 aromatic rings. The van der Waals surface area contributed by atoms with Crippen molar-refractivity contribution in [1.29, 1.82) is 0 Å². The molecule has 0 spiro atoms. The van der Waals surface area contributed by atoms with Crippen molar-refractivity contribution in [3.05, 3.63) is 16.6 Å². The van der Waals surface area contributed by atoms with E-state index in [1.807, 2.05) is 13.8 Å². The predicted molar refractivity (Wildman–Crippen MR) is 45.7 cm³/mol. The standard InChI is InChI=1S/C8H14N2O3/c1-6(2)4-9-8(5-11)7(3)10(12)13-9/h5-6,10H,4H2,1-3H3. The number of hydrogen-bond donors (Lipinski definition) is 1. The molecule has 1 aliphatic rings. The van der Waals surface area contributed by atoms with Gasteiger partial charge in [0.15, 0.2) is 17.7 Å². The fraction of sp³-hybridized carbons (Fsp3) is 0.625. The third-order valence-corrected chi connectivity index (χ3v) is 1.79. The van der Waals surface area contributed by atoms with Gasteiger partial charge in [-0.2, -0.15) is 10.3 Å². The van der Waals surface area contributed by atoms with E-state index in [-0.39, 0.29) is 0 Å². The van der Waals surface area contributed by atoms with Gasteiger partial charge in [0.1, 0.15) is 0 Å². The maximum absolute atomic E-state index is 11.1. The molecule has 5 heteroatoms. The van der Waals surface area contributed by atoms with Crippen LogP contribution in [-0.4, -0.2) is 17.9 Å². The van der Waals surface area contributed by atoms with Crippen LogP contribution >= 0.6 is 0 Å². The van der Waals surface area contributed by atoms with E-state index in [0.717, 1.165) is 0 Å². The Morgan fingerprint density at radius 2 is 2.31 bits per heavy atom. The Hall–Kier alpha value is -0.910. The third-order valence-electron chi connectivity index (χ3n) is 1.79. The molecule has 0 saturated heterocycles. The van der Waals surface area contributed by atoms with Gasteiger partial charge in [-0.05, 0) is 5.92 Å². The van der Waals surface area contributed by atoms with Crippen LogP contribution in [0.25, 0.3) is 0 Å². The zero-order valence-electron chi connectivity index (χ0n) is 8.03. The maximum atomic E-state index is 11.1. The molecule has 0 bridgehead atoms. The van der Waals surface area contributed by atoms with Crippen LogP contribution in [0.15, 0.2) is 11.4 Å². The number of carbonyl (C=O) groups is 1. The molecule has 0 aromatic heterocycles. The smallest absolute Gasteiger partial charge is 0.174 e. The average molecular weight is 186 g/mol. The Morgan fingerprint density at radius 1 is 1.69 bits per heavy atom. The number of nitrogens with one attached hydrogen (secondary N) is 1. The lowest BCUT2D eigenvalue weighted by Crippen LogP contribution is -3.02. The van der Waals surface area contributed by atoms with Crippen molar-refractivity contribution >= 4 is 6.29 Å². The van der Waals surface area contributed by atoms with Crippen LogP contribution in [0.4, 0.5) is 0 Å². The fourth-order valence-corrected chi connectivity index (χ4v) is 1.12. The first kappa shape index (κ1) is 10.2. The van der Waals surface area contributed by atoms with Gasteiger partial charge in [0.05, 0.1) is 6.54 Å². The highest BCUT2D eigenvalue weighted by Crippen LogP contribution is 2.11. The molecule has 0 saturated carbocycles. The Labute approximate surface area is 77.0 Å². The zero-order valence-corrected chi connectivity index (χ0v) is 8.03. The van der Waals surface area contributed by atoms with Gasteiger partial charge in [0.25, 0.3) is 0 Å². The molecular formula is C8H14N2O3. The van der Waals surface area contributed by atoms with Gasteiger partial charge in [-0.25, -0.2) is 0 Å². The van der Waals surface area contributed by atoms with Crippen molar-refractivity contribution in [2.45, 2.75) is 20.8 Å². The molecule has 0 aromatic carbocycles. The van der Waals surface area contributed by atoms with Crippen molar-refractivity contribution in [2.24, 2.45) is 5.92 Å². The van der Waals surface area contributed by atoms with Gasteiger partial charge < -0.3 is 5.21 Å². The van der Waals surface area contributed by atoms with E-state index in [2.05, 4.69) is 0 Å². The lowest BCUT2D eigenvalue weighted by Gasteiger charge is -2.18. The van der Waals surface area contributed by atoms with E-state index in [4.69, 9.17) is 4.94 Å². The molecule has 0 aliphatic carbocycles. The zero-order chi connectivity index (χ0) is 10.0. The molecule has 1 unspecified atom stereocenters. The summed E-state index contributed by atoms with van der Waals surface area (Å²) in [4.78, 5) is 15.5. The Bertz CT molecular complexity index is 238. The van der Waals surface area contributed by atoms with Gasteiger partial charge in [0.2, 0.25) is 0 Å². The van der Waals surface area contributed by atoms with Crippen molar-refractivity contribution < 1.29 is 15.0 Å². The number of aldehydes is 1. The molecule has 1 atom stereocenters. The highest BCUT2D eigenvalue weighted by Gasteiger charge is 2.28. The van der Waals surface area contributed by atoms with Crippen molar-refractivity contribution in [3.8, 4) is 0 Å². The first-order valence-electron chi connectivity index (χ1n) is 4.22. The Morgan fingerprint density at radius 3 is 2.77 bits per heavy atom. The summed E-state index contributed by atoms with van der Waals surface area (Å²) in [5, 5.41) is 12.0. The van der Waals surface area contributed by atoms with Gasteiger partial charge in [0, 0.05) is 6.92 Å². The number of carbonyl (C=O) groups excluding carboxylic acids is 1. The van der Waals surface area contributed by atoms with E-state index in [0.29, 0.717) is 30.1 Å². The topological polar surface area (TPSA) is 57.0 Å². The number of hydroxylamine groups is 4. The number of allylic oxidation sites excluding steroid dienone is 2. The van der Waals surface area contributed by atoms with E-state index >= 15 is 0 Å². The molecular weight excluding hydrogens is 172 g/mol. The lowest BCUT2D eigenvalue weighted by molar-refractivity contribution is -1.04. The summed E-state index contributed by atoms with van der Waals surface area (Å²) in [5.74, 6) is 0.341. The van der Waals surface area contributed by atoms with Gasteiger partial charge in [-0.3, -0.25) is 4.79 Å². The minimum atomic E-state index is -0.428. The van der Waals surface area contributed by atoms with Gasteiger partial charge in [-0.15, -0.1) is 0 Å². The van der Waals surface area contributed by atoms with Crippen LogP contribution in [0, 0.1) is 11.1 Å². The van der Waals surface area contributed by atoms with E-state index in [9.17, 15) is 10.0 Å². The van der Waals surface area contributed by atoms with Crippen molar-refractivity contribution in [1.82, 2.24) is 5.06 Å². The summed E-state index contributed by atoms with van der Waals surface area (Å²) in [7, 11) is 0. The fourth-order valence-electron chi connectivity index (χ4n) is 1.12. The monoisotopic (exact) mass is 186 g/mol. The highest BCUT2D eigenvalue weighted by atomic mass is 17.0. The van der Waals surface area contributed by atoms with E-state index < -0.39 is 5.23 Å². The van der Waals surface area contributed by atoms with Crippen molar-refractivity contribution in [2.75, 3.05) is 6.54 Å². The highest BCUT2D eigenvalue weighted by molar-refractivity contribution is 5.72. The Balaban J connectivity index is 2.74. The summed E-state index contributed by atoms with van der Waals surface area (Å²) < 4.78 is 0. The minimum Gasteiger partial charge on any atom is -0.593 e. The van der Waals surface area contributed by atoms with Crippen LogP contribution in [0.1, 0.15) is 20.8 Å². The molecule has 1 N–H and O–H groups in total. The number of quaternary nitrogens is 1. The third kappa shape index (κ3) is 2.06. The average Bonchev–Trinajstić information content (AvgIpc) is 2.27. The summed E-state index contributed by atoms with van der Waals surface area (Å²) in [5.41, 5.74) is 0.731. The molecule has 0 amide bonds. The van der Waals surface area contributed by atoms with Crippen LogP contribution in [0.3, 0.4) is 0 Å². The summed E-state index contributed by atoms with van der Waals surface area (Å²) in [6.45, 7) is 6.12. The quantitative estimate of drug-likeness (QED) is 0.482. The van der Waals surface area contributed by atoms with Gasteiger partial charge in [-0.1, -0.05) is 18.8 Å². The molecule has 1 rings (SSSR count). The minimum absolute atomic E-state index is 0.341. The number of rotatable bonds is 3. The molecule has 0 radical (unpaired) electrons. The predicted octanol–water partition coefficient (Wildman–Crippen LogP) is -0.382. The summed E-state index contributed by atoms with van der Waals surface area (Å²) in [6.07, 6.45) is 0.655. The first-order valence-corrected chi connectivity index (χ1v) is 4.22. The van der Waals surface area contributed by atoms with Crippen LogP contribution in [-0.2, 0) is 9.73 Å². The molecule has 13 heavy (non-hydrogen) atoms. The number of nitrogens with zero attached hydrogens (tertiary/aromatic N) is 1. The molecule has 74 valence electrons. The number of hydrogen-bond acceptors (Lipinski definition) is 4. The van der Waals surface area contributed by atoms with Crippen molar-refractivity contribution in [3.63, 3.8) is 0 Å². The van der Waals surface area contributed by atoms with E-state index in [1.165, 1.54) is 5.06 Å². The van der Waals surface area contributed by atoms with Crippen LogP contribution in [0.2, 0.25) is 0 Å². The van der Waals surface area contributed by atoms with Gasteiger partial charge >= 0.3 is 0 Å². The molecule has 5 nitrogen and oxygen atoms in total. The lowest BCUT2D eigenvalue weighted by atomic mass is 10.2. The van der Waals surface area contributed by atoms with E-state index in [1.54, 1.807) is 6.92 Å². The van der Waals surface area contributed by atoms with Crippen LogP contribution < -0.4 is 5.23 Å². The molecule has 1 aliphatic heterocycles. The maximum Gasteiger partial charge on any atom is 0.174 e. The van der Waals surface area contributed by atoms with Crippen LogP contribution in [0.5, 0.6) is 0 Å². The SMILES string of the molecule is CC1=C(C=O)N(CC(C)C)O[NH+]1[O-]. The molecule has 1 heterocycles. The Kier molecular flexibility index (Phi) is 3.02. The first-order chi connectivity index (χ1) is 6.06. The normalized spacial score (nSPS) is 23.2. The largest absolute Gasteiger partial charge is 0.593 e. The summed E-state index contributed by atoms with van der Waals surface area (Å²) >= 11 is 0. The second kappa shape index (κ2) is 3.87. The summed E-state index contributed by atoms with van der Waals surface area (Å²) in [6, 6.07) is 0. The second-order valence-electron chi connectivity index (χ2n) is 3.46. The second-order valence-corrected chi connectivity index (χ2v) is 3.46. The molecule has 0 fully saturated rings.